The van der Waals surface area contributed by atoms with Crippen LogP contribution in [0.5, 0.6) is 0 Å². The van der Waals surface area contributed by atoms with Crippen LogP contribution in [0.4, 0.5) is 0 Å². The summed E-state index contributed by atoms with van der Waals surface area (Å²) < 4.78 is 19.5. The van der Waals surface area contributed by atoms with E-state index in [9.17, 15) is 4.21 Å². The maximum Gasteiger partial charge on any atom is 0.156 e. The van der Waals surface area contributed by atoms with Crippen LogP contribution in [0.15, 0.2) is 0 Å². The second-order valence-electron chi connectivity index (χ2n) is 3.08. The molecule has 1 aliphatic rings. The molecule has 3 atom stereocenters. The minimum Gasteiger partial charge on any atom is -0.306 e. The molecular formula is C7H14O2S. The Bertz CT molecular complexity index is 136. The number of hydrogen-bond acceptors (Lipinski definition) is 1. The monoisotopic (exact) mass is 162 g/mol. The fourth-order valence-corrected chi connectivity index (χ4v) is 2.48. The lowest BCUT2D eigenvalue weighted by Gasteiger charge is -2.25. The molecule has 1 rings (SSSR count). The summed E-state index contributed by atoms with van der Waals surface area (Å²) in [4.78, 5) is 0. The van der Waals surface area contributed by atoms with Crippen molar-refractivity contribution in [2.24, 2.45) is 5.92 Å². The number of hydrogen-bond donors (Lipinski definition) is 1. The Morgan fingerprint density at radius 2 is 2.00 bits per heavy atom. The van der Waals surface area contributed by atoms with Crippen molar-refractivity contribution in [3.8, 4) is 0 Å². The van der Waals surface area contributed by atoms with Gasteiger partial charge in [0.2, 0.25) is 0 Å². The molecule has 2 nitrogen and oxygen atoms in total. The van der Waals surface area contributed by atoms with E-state index in [0.717, 1.165) is 19.3 Å². The topological polar surface area (TPSA) is 37.3 Å². The van der Waals surface area contributed by atoms with Crippen molar-refractivity contribution in [1.29, 1.82) is 0 Å². The Balaban J connectivity index is 2.47. The van der Waals surface area contributed by atoms with Crippen LogP contribution in [0.25, 0.3) is 0 Å². The molecule has 3 heteroatoms. The van der Waals surface area contributed by atoms with Crippen LogP contribution in [0.2, 0.25) is 0 Å². The van der Waals surface area contributed by atoms with Crippen molar-refractivity contribution < 1.29 is 8.76 Å². The van der Waals surface area contributed by atoms with Crippen molar-refractivity contribution in [2.75, 3.05) is 0 Å². The van der Waals surface area contributed by atoms with Gasteiger partial charge in [0.1, 0.15) is 0 Å². The average Bonchev–Trinajstić information content (AvgIpc) is 1.88. The Labute approximate surface area is 64.3 Å². The molecule has 0 saturated heterocycles. The van der Waals surface area contributed by atoms with Gasteiger partial charge in [0.05, 0.1) is 5.25 Å². The zero-order valence-corrected chi connectivity index (χ0v) is 7.06. The van der Waals surface area contributed by atoms with Crippen LogP contribution in [0, 0.1) is 5.92 Å². The second kappa shape index (κ2) is 3.49. The fraction of sp³-hybridized carbons (Fsp3) is 1.00. The lowest BCUT2D eigenvalue weighted by Crippen LogP contribution is -2.26. The van der Waals surface area contributed by atoms with Gasteiger partial charge in [-0.15, -0.1) is 0 Å². The van der Waals surface area contributed by atoms with E-state index in [4.69, 9.17) is 4.55 Å². The van der Waals surface area contributed by atoms with E-state index in [0.29, 0.717) is 5.92 Å². The fourth-order valence-electron chi connectivity index (χ4n) is 1.58. The molecule has 1 aliphatic carbocycles. The van der Waals surface area contributed by atoms with E-state index >= 15 is 0 Å². The van der Waals surface area contributed by atoms with E-state index in [1.807, 2.05) is 0 Å². The first-order valence-corrected chi connectivity index (χ1v) is 4.98. The molecule has 0 aromatic rings. The van der Waals surface area contributed by atoms with Gasteiger partial charge in [-0.1, -0.05) is 19.8 Å². The van der Waals surface area contributed by atoms with Crippen LogP contribution >= 0.6 is 0 Å². The molecule has 1 fully saturated rings. The highest BCUT2D eigenvalue weighted by atomic mass is 32.2. The summed E-state index contributed by atoms with van der Waals surface area (Å²) in [6.07, 6.45) is 4.41. The van der Waals surface area contributed by atoms with Gasteiger partial charge in [-0.3, -0.25) is 0 Å². The minimum atomic E-state index is -1.58. The first-order chi connectivity index (χ1) is 4.72. The molecule has 3 unspecified atom stereocenters. The first kappa shape index (κ1) is 8.21. The summed E-state index contributed by atoms with van der Waals surface area (Å²) in [5.41, 5.74) is 0. The Hall–Kier alpha value is 0.110. The van der Waals surface area contributed by atoms with Gasteiger partial charge in [0, 0.05) is 0 Å². The molecule has 1 saturated carbocycles. The maximum atomic E-state index is 10.7. The molecule has 10 heavy (non-hydrogen) atoms. The van der Waals surface area contributed by atoms with Gasteiger partial charge in [0.15, 0.2) is 11.1 Å². The van der Waals surface area contributed by atoms with E-state index in [-0.39, 0.29) is 5.25 Å². The van der Waals surface area contributed by atoms with E-state index in [2.05, 4.69) is 6.92 Å². The third kappa shape index (κ3) is 1.80. The maximum absolute atomic E-state index is 10.7. The highest BCUT2D eigenvalue weighted by Crippen LogP contribution is 2.26. The molecule has 0 aromatic carbocycles. The standard InChI is InChI=1S/C7H14O2S/c1-6-4-2-3-5-7(6)10(8)9/h6-7H,2-5H2,1H3,(H,8,9). The number of rotatable bonds is 1. The van der Waals surface area contributed by atoms with Crippen molar-refractivity contribution >= 4 is 11.1 Å². The normalized spacial score (nSPS) is 37.4. The van der Waals surface area contributed by atoms with Gasteiger partial charge in [-0.05, 0) is 18.8 Å². The van der Waals surface area contributed by atoms with Crippen LogP contribution in [-0.4, -0.2) is 14.0 Å². The van der Waals surface area contributed by atoms with Gasteiger partial charge >= 0.3 is 0 Å². The van der Waals surface area contributed by atoms with Gasteiger partial charge in [-0.2, -0.15) is 0 Å². The molecule has 0 bridgehead atoms. The third-order valence-corrected chi connectivity index (χ3v) is 3.51. The lowest BCUT2D eigenvalue weighted by atomic mass is 9.90. The molecule has 0 spiro atoms. The summed E-state index contributed by atoms with van der Waals surface area (Å²) in [7, 11) is 0. The lowest BCUT2D eigenvalue weighted by molar-refractivity contribution is 0.376. The van der Waals surface area contributed by atoms with Crippen molar-refractivity contribution in [3.05, 3.63) is 0 Å². The van der Waals surface area contributed by atoms with E-state index < -0.39 is 11.1 Å². The zero-order chi connectivity index (χ0) is 7.56. The molecular weight excluding hydrogens is 148 g/mol. The highest BCUT2D eigenvalue weighted by molar-refractivity contribution is 7.79. The van der Waals surface area contributed by atoms with Crippen LogP contribution in [0.3, 0.4) is 0 Å². The molecule has 0 aliphatic heterocycles. The van der Waals surface area contributed by atoms with Crippen molar-refractivity contribution in [3.63, 3.8) is 0 Å². The largest absolute Gasteiger partial charge is 0.306 e. The van der Waals surface area contributed by atoms with Gasteiger partial charge in [-0.25, -0.2) is 4.21 Å². The highest BCUT2D eigenvalue weighted by Gasteiger charge is 2.25. The van der Waals surface area contributed by atoms with Crippen molar-refractivity contribution in [1.82, 2.24) is 0 Å². The molecule has 0 aromatic heterocycles. The summed E-state index contributed by atoms with van der Waals surface area (Å²) in [6, 6.07) is 0. The summed E-state index contributed by atoms with van der Waals surface area (Å²) in [6.45, 7) is 2.07. The zero-order valence-electron chi connectivity index (χ0n) is 6.25. The van der Waals surface area contributed by atoms with Crippen molar-refractivity contribution in [2.45, 2.75) is 37.9 Å². The second-order valence-corrected chi connectivity index (χ2v) is 4.23. The third-order valence-electron chi connectivity index (χ3n) is 2.29. The SMILES string of the molecule is CC1CCCCC1S(=O)O. The predicted octanol–water partition coefficient (Wildman–Crippen LogP) is 1.79. The molecule has 0 amide bonds. The van der Waals surface area contributed by atoms with Gasteiger partial charge < -0.3 is 4.55 Å². The minimum absolute atomic E-state index is 0.0498. The predicted molar refractivity (Wildman–Crippen MR) is 42.2 cm³/mol. The first-order valence-electron chi connectivity index (χ1n) is 3.81. The van der Waals surface area contributed by atoms with Crippen LogP contribution < -0.4 is 0 Å². The Kier molecular flexibility index (Phi) is 2.86. The summed E-state index contributed by atoms with van der Waals surface area (Å²) >= 11 is -1.58. The van der Waals surface area contributed by atoms with E-state index in [1.165, 1.54) is 6.42 Å². The Morgan fingerprint density at radius 3 is 2.40 bits per heavy atom. The van der Waals surface area contributed by atoms with Crippen LogP contribution in [-0.2, 0) is 11.1 Å². The average molecular weight is 162 g/mol. The summed E-state index contributed by atoms with van der Waals surface area (Å²) in [5.74, 6) is 0.444. The molecule has 1 N–H and O–H groups in total. The van der Waals surface area contributed by atoms with Crippen LogP contribution in [0.1, 0.15) is 32.6 Å². The molecule has 60 valence electrons. The molecule has 0 heterocycles. The quantitative estimate of drug-likeness (QED) is 0.597. The Morgan fingerprint density at radius 1 is 1.40 bits per heavy atom. The summed E-state index contributed by atoms with van der Waals surface area (Å²) in [5, 5.41) is 0.0498. The smallest absolute Gasteiger partial charge is 0.156 e. The van der Waals surface area contributed by atoms with E-state index in [1.54, 1.807) is 0 Å². The molecule has 0 radical (unpaired) electrons. The van der Waals surface area contributed by atoms with Gasteiger partial charge in [0.25, 0.3) is 0 Å².